The fraction of sp³-hybridized carbons (Fsp3) is 0.136. The number of hydrogen-bond acceptors (Lipinski definition) is 6. The number of H-pyrrole nitrogens is 1. The minimum Gasteiger partial charge on any atom is -0.362 e. The van der Waals surface area contributed by atoms with E-state index < -0.39 is 0 Å². The molecule has 0 amide bonds. The lowest BCUT2D eigenvalue weighted by Crippen LogP contribution is -2.13. The first kappa shape index (κ1) is 18.4. The van der Waals surface area contributed by atoms with Crippen molar-refractivity contribution in [2.24, 2.45) is 0 Å². The number of aromatic nitrogens is 6. The van der Waals surface area contributed by atoms with Gasteiger partial charge in [-0.15, -0.1) is 0 Å². The lowest BCUT2D eigenvalue weighted by molar-refractivity contribution is 0.867. The van der Waals surface area contributed by atoms with E-state index in [1.54, 1.807) is 18.6 Å². The number of imidazole rings is 1. The zero-order chi connectivity index (χ0) is 20.7. The summed E-state index contributed by atoms with van der Waals surface area (Å²) < 4.78 is 0. The van der Waals surface area contributed by atoms with Crippen LogP contribution in [0.3, 0.4) is 0 Å². The van der Waals surface area contributed by atoms with E-state index in [0.29, 0.717) is 16.5 Å². The maximum absolute atomic E-state index is 6.42. The predicted molar refractivity (Wildman–Crippen MR) is 117 cm³/mol. The molecule has 0 spiro atoms. The zero-order valence-corrected chi connectivity index (χ0v) is 17.1. The molecule has 7 nitrogen and oxygen atoms in total. The Morgan fingerprint density at radius 2 is 2.07 bits per heavy atom. The SMILES string of the molecule is Cc1ncccc1-c1nc2c(cc1[C@H](C)Nc1ncnc3nc[nH]c13)C=[C+]C=C2Cl. The molecule has 0 aromatic carbocycles. The Morgan fingerprint density at radius 1 is 1.17 bits per heavy atom. The van der Waals surface area contributed by atoms with Gasteiger partial charge >= 0.3 is 0 Å². The lowest BCUT2D eigenvalue weighted by Gasteiger charge is -2.19. The summed E-state index contributed by atoms with van der Waals surface area (Å²) in [6.07, 6.45) is 11.6. The van der Waals surface area contributed by atoms with Gasteiger partial charge in [-0.05, 0) is 26.0 Å². The van der Waals surface area contributed by atoms with Gasteiger partial charge in [0.2, 0.25) is 5.69 Å². The molecule has 30 heavy (non-hydrogen) atoms. The van der Waals surface area contributed by atoms with Gasteiger partial charge in [0.1, 0.15) is 29.6 Å². The van der Waals surface area contributed by atoms with Gasteiger partial charge in [0, 0.05) is 46.8 Å². The summed E-state index contributed by atoms with van der Waals surface area (Å²) in [7, 11) is 0. The van der Waals surface area contributed by atoms with Gasteiger partial charge < -0.3 is 10.3 Å². The van der Waals surface area contributed by atoms with Crippen molar-refractivity contribution < 1.29 is 0 Å². The van der Waals surface area contributed by atoms with Crippen molar-refractivity contribution in [1.29, 1.82) is 0 Å². The molecule has 0 aliphatic heterocycles. The molecule has 8 heteroatoms. The Hall–Kier alpha value is -3.67. The Bertz CT molecular complexity index is 1320. The highest BCUT2D eigenvalue weighted by Crippen LogP contribution is 2.36. The largest absolute Gasteiger partial charge is 0.362 e. The Morgan fingerprint density at radius 3 is 2.93 bits per heavy atom. The number of fused-ring (bicyclic) bond motifs is 2. The van der Waals surface area contributed by atoms with Crippen LogP contribution in [0.1, 0.15) is 35.5 Å². The van der Waals surface area contributed by atoms with Crippen LogP contribution in [0.15, 0.2) is 43.1 Å². The number of anilines is 1. The molecule has 4 heterocycles. The molecular formula is C22H17ClN7+. The van der Waals surface area contributed by atoms with Crippen molar-refractivity contribution in [3.63, 3.8) is 0 Å². The number of allylic oxidation sites excluding steroid dienone is 2. The first-order valence-electron chi connectivity index (χ1n) is 9.44. The highest BCUT2D eigenvalue weighted by Gasteiger charge is 2.26. The van der Waals surface area contributed by atoms with Crippen molar-refractivity contribution in [1.82, 2.24) is 29.9 Å². The number of pyridine rings is 2. The topological polar surface area (TPSA) is 92.3 Å². The van der Waals surface area contributed by atoms with E-state index in [9.17, 15) is 0 Å². The van der Waals surface area contributed by atoms with Crippen molar-refractivity contribution >= 4 is 39.7 Å². The summed E-state index contributed by atoms with van der Waals surface area (Å²) >= 11 is 6.42. The van der Waals surface area contributed by atoms with Gasteiger partial charge in [0.25, 0.3) is 0 Å². The Kier molecular flexibility index (Phi) is 4.47. The van der Waals surface area contributed by atoms with Crippen LogP contribution in [0.4, 0.5) is 5.82 Å². The number of hydrogen-bond donors (Lipinski definition) is 2. The molecular weight excluding hydrogens is 398 g/mol. The zero-order valence-electron chi connectivity index (χ0n) is 16.3. The average molecular weight is 415 g/mol. The van der Waals surface area contributed by atoms with Gasteiger partial charge in [-0.2, -0.15) is 0 Å². The molecule has 1 aliphatic carbocycles. The summed E-state index contributed by atoms with van der Waals surface area (Å²) in [5, 5.41) is 4.04. The number of aryl methyl sites for hydroxylation is 1. The molecule has 0 unspecified atom stereocenters. The van der Waals surface area contributed by atoms with Gasteiger partial charge in [-0.25, -0.2) is 19.9 Å². The second-order valence-corrected chi connectivity index (χ2v) is 7.40. The normalized spacial score (nSPS) is 13.5. The predicted octanol–water partition coefficient (Wildman–Crippen LogP) is 4.70. The van der Waals surface area contributed by atoms with Crippen molar-refractivity contribution in [3.8, 4) is 11.3 Å². The molecule has 1 atom stereocenters. The number of nitrogens with one attached hydrogen (secondary N) is 2. The van der Waals surface area contributed by atoms with Crippen LogP contribution in [0.2, 0.25) is 0 Å². The molecule has 5 rings (SSSR count). The van der Waals surface area contributed by atoms with Crippen LogP contribution in [0.25, 0.3) is 33.5 Å². The Balaban J connectivity index is 1.65. The Labute approximate surface area is 178 Å². The molecule has 2 N–H and O–H groups in total. The molecule has 0 bridgehead atoms. The first-order chi connectivity index (χ1) is 14.6. The van der Waals surface area contributed by atoms with Gasteiger partial charge in [-0.3, -0.25) is 4.98 Å². The molecule has 0 radical (unpaired) electrons. The van der Waals surface area contributed by atoms with Crippen LogP contribution in [-0.4, -0.2) is 29.9 Å². The van der Waals surface area contributed by atoms with E-state index in [-0.39, 0.29) is 6.04 Å². The second-order valence-electron chi connectivity index (χ2n) is 6.99. The summed E-state index contributed by atoms with van der Waals surface area (Å²) in [5.74, 6) is 0.677. The van der Waals surface area contributed by atoms with E-state index in [0.717, 1.165) is 39.3 Å². The van der Waals surface area contributed by atoms with Crippen LogP contribution >= 0.6 is 11.6 Å². The monoisotopic (exact) mass is 414 g/mol. The smallest absolute Gasteiger partial charge is 0.202 e. The van der Waals surface area contributed by atoms with Crippen LogP contribution in [0.5, 0.6) is 0 Å². The molecule has 4 aromatic heterocycles. The van der Waals surface area contributed by atoms with E-state index in [4.69, 9.17) is 16.6 Å². The summed E-state index contributed by atoms with van der Waals surface area (Å²) in [4.78, 5) is 25.2. The fourth-order valence-electron chi connectivity index (χ4n) is 3.56. The van der Waals surface area contributed by atoms with Gasteiger partial charge in [-0.1, -0.05) is 0 Å². The van der Waals surface area contributed by atoms with Gasteiger partial charge in [0.05, 0.1) is 18.1 Å². The summed E-state index contributed by atoms with van der Waals surface area (Å²) in [5.41, 5.74) is 6.72. The summed E-state index contributed by atoms with van der Waals surface area (Å²) in [6, 6.07) is 5.91. The van der Waals surface area contributed by atoms with E-state index >= 15 is 0 Å². The maximum Gasteiger partial charge on any atom is 0.202 e. The minimum atomic E-state index is -0.114. The number of rotatable bonds is 4. The van der Waals surface area contributed by atoms with E-state index in [1.807, 2.05) is 25.1 Å². The third-order valence-corrected chi connectivity index (χ3v) is 5.35. The standard InChI is InChI=1S/C22H17ClN7/c1-12-15(6-4-8-24-12)19-16(9-14-5-3-7-17(23)18(14)30-19)13(2)29-22-20-21(26-10-25-20)27-11-28-22/h4-11,13H,1-2H3,(H2,25,26,27,28,29)/q+1/t13-/m0/s1. The van der Waals surface area contributed by atoms with E-state index in [2.05, 4.69) is 49.3 Å². The lowest BCUT2D eigenvalue weighted by atomic mass is 9.95. The molecule has 1 aliphatic rings. The van der Waals surface area contributed by atoms with Crippen LogP contribution in [-0.2, 0) is 0 Å². The molecule has 0 saturated carbocycles. The van der Waals surface area contributed by atoms with Gasteiger partial charge in [0.15, 0.2) is 16.5 Å². The molecule has 146 valence electrons. The van der Waals surface area contributed by atoms with Crippen LogP contribution in [0, 0.1) is 13.0 Å². The highest BCUT2D eigenvalue weighted by molar-refractivity contribution is 6.49. The first-order valence-corrected chi connectivity index (χ1v) is 9.82. The fourth-order valence-corrected chi connectivity index (χ4v) is 3.77. The van der Waals surface area contributed by atoms with Crippen LogP contribution < -0.4 is 5.32 Å². The van der Waals surface area contributed by atoms with E-state index in [1.165, 1.54) is 6.33 Å². The molecule has 0 saturated heterocycles. The summed E-state index contributed by atoms with van der Waals surface area (Å²) in [6.45, 7) is 4.04. The maximum atomic E-state index is 6.42. The number of aromatic amines is 1. The van der Waals surface area contributed by atoms with Crippen molar-refractivity contribution in [2.75, 3.05) is 5.32 Å². The number of nitrogens with zero attached hydrogens (tertiary/aromatic N) is 5. The molecule has 4 aromatic rings. The average Bonchev–Trinajstić information content (AvgIpc) is 3.24. The third-order valence-electron chi connectivity index (χ3n) is 5.06. The minimum absolute atomic E-state index is 0.114. The third kappa shape index (κ3) is 3.10. The highest BCUT2D eigenvalue weighted by atomic mass is 35.5. The second kappa shape index (κ2) is 7.30. The quantitative estimate of drug-likeness (QED) is 0.470. The molecule has 0 fully saturated rings. The van der Waals surface area contributed by atoms with Crippen molar-refractivity contribution in [2.45, 2.75) is 19.9 Å². The number of halogens is 1. The van der Waals surface area contributed by atoms with Crippen molar-refractivity contribution in [3.05, 3.63) is 71.7 Å².